The third-order valence-corrected chi connectivity index (χ3v) is 3.78. The molecule has 0 saturated heterocycles. The first-order valence-electron chi connectivity index (χ1n) is 7.68. The summed E-state index contributed by atoms with van der Waals surface area (Å²) >= 11 is 0. The molecular weight excluding hydrogens is 375 g/mol. The Balaban J connectivity index is 2.08. The largest absolute Gasteiger partial charge is 0.573 e. The zero-order chi connectivity index (χ0) is 19.8. The lowest BCUT2D eigenvalue weighted by atomic mass is 10.0. The third-order valence-electron chi connectivity index (χ3n) is 3.78. The topological polar surface area (TPSA) is 61.5 Å². The van der Waals surface area contributed by atoms with Crippen LogP contribution in [0.15, 0.2) is 30.6 Å². The zero-order valence-corrected chi connectivity index (χ0v) is 14.1. The highest BCUT2D eigenvalue weighted by molar-refractivity contribution is 5.65. The summed E-state index contributed by atoms with van der Waals surface area (Å²) in [5.41, 5.74) is 1.29. The molecule has 6 nitrogen and oxygen atoms in total. The van der Waals surface area contributed by atoms with E-state index in [2.05, 4.69) is 24.7 Å². The number of hydrogen-bond donors (Lipinski definition) is 0. The van der Waals surface area contributed by atoms with E-state index in [1.54, 1.807) is 6.92 Å². The van der Waals surface area contributed by atoms with Crippen LogP contribution in [-0.4, -0.2) is 33.1 Å². The van der Waals surface area contributed by atoms with Crippen LogP contribution in [0.4, 0.5) is 22.0 Å². The summed E-state index contributed by atoms with van der Waals surface area (Å²) in [6.07, 6.45) is -5.61. The minimum absolute atomic E-state index is 0.0700. The molecule has 0 spiro atoms. The number of aryl methyl sites for hydroxylation is 1. The maximum absolute atomic E-state index is 13.8. The summed E-state index contributed by atoms with van der Waals surface area (Å²) in [7, 11) is 0.831. The molecule has 1 aromatic carbocycles. The fourth-order valence-corrected chi connectivity index (χ4v) is 2.54. The Kier molecular flexibility index (Phi) is 4.72. The van der Waals surface area contributed by atoms with Crippen LogP contribution >= 0.6 is 0 Å². The fourth-order valence-electron chi connectivity index (χ4n) is 2.54. The van der Waals surface area contributed by atoms with Crippen LogP contribution in [0.1, 0.15) is 18.3 Å². The quantitative estimate of drug-likeness (QED) is 0.620. The van der Waals surface area contributed by atoms with Crippen molar-refractivity contribution in [1.82, 2.24) is 19.6 Å². The van der Waals surface area contributed by atoms with Crippen molar-refractivity contribution in [2.45, 2.75) is 25.8 Å². The Morgan fingerprint density at radius 2 is 1.85 bits per heavy atom. The molecule has 0 radical (unpaired) electrons. The van der Waals surface area contributed by atoms with Gasteiger partial charge in [0.15, 0.2) is 5.65 Å². The molecule has 27 heavy (non-hydrogen) atoms. The van der Waals surface area contributed by atoms with Gasteiger partial charge in [0.1, 0.15) is 5.75 Å². The van der Waals surface area contributed by atoms with Gasteiger partial charge in [-0.25, -0.2) is 0 Å². The van der Waals surface area contributed by atoms with Crippen LogP contribution in [0.5, 0.6) is 5.75 Å². The van der Waals surface area contributed by atoms with Gasteiger partial charge in [-0.15, -0.1) is 23.4 Å². The number of nitrogens with zero attached hydrogens (tertiary/aromatic N) is 4. The second kappa shape index (κ2) is 6.72. The van der Waals surface area contributed by atoms with Crippen molar-refractivity contribution >= 4 is 5.65 Å². The average molecular weight is 388 g/mol. The Morgan fingerprint density at radius 3 is 2.48 bits per heavy atom. The van der Waals surface area contributed by atoms with E-state index in [1.165, 1.54) is 24.5 Å². The van der Waals surface area contributed by atoms with Crippen LogP contribution in [0.2, 0.25) is 0 Å². The molecule has 0 amide bonds. The number of benzene rings is 1. The average Bonchev–Trinajstić information content (AvgIpc) is 3.04. The predicted octanol–water partition coefficient (Wildman–Crippen LogP) is 3.95. The molecule has 0 N–H and O–H groups in total. The van der Waals surface area contributed by atoms with E-state index in [4.69, 9.17) is 0 Å². The van der Waals surface area contributed by atoms with Crippen LogP contribution < -0.4 is 4.74 Å². The maximum atomic E-state index is 13.8. The number of hydrogen-bond acceptors (Lipinski definition) is 5. The van der Waals surface area contributed by atoms with E-state index < -0.39 is 18.3 Å². The molecule has 0 aliphatic carbocycles. The number of alkyl halides is 5. The predicted molar refractivity (Wildman–Crippen MR) is 83.2 cm³/mol. The maximum Gasteiger partial charge on any atom is 0.573 e. The Bertz CT molecular complexity index is 971. The molecule has 0 aliphatic rings. The first-order valence-corrected chi connectivity index (χ1v) is 7.68. The standard InChI is InChI=1S/C16H13F5N4O2/c1-3-9-6-10(27-16(19,20)21)4-5-11(9)12-8-25-13(7-22-12)23-24-14(25)15(17,18)26-2/h4-8H,3H2,1-2H3. The van der Waals surface area contributed by atoms with E-state index in [0.29, 0.717) is 17.5 Å². The van der Waals surface area contributed by atoms with Crippen molar-refractivity contribution in [3.63, 3.8) is 0 Å². The monoisotopic (exact) mass is 388 g/mol. The number of ether oxygens (including phenoxy) is 2. The van der Waals surface area contributed by atoms with Crippen molar-refractivity contribution in [3.8, 4) is 17.0 Å². The highest BCUT2D eigenvalue weighted by atomic mass is 19.4. The Labute approximate surface area is 149 Å². The summed E-state index contributed by atoms with van der Waals surface area (Å²) in [5, 5.41) is 7.03. The molecule has 144 valence electrons. The lowest BCUT2D eigenvalue weighted by Gasteiger charge is -2.14. The number of halogens is 5. The lowest BCUT2D eigenvalue weighted by Crippen LogP contribution is -2.19. The smallest absolute Gasteiger partial charge is 0.406 e. The van der Waals surface area contributed by atoms with Gasteiger partial charge in [0.05, 0.1) is 11.9 Å². The molecule has 0 bridgehead atoms. The minimum Gasteiger partial charge on any atom is -0.406 e. The van der Waals surface area contributed by atoms with E-state index in [-0.39, 0.29) is 17.1 Å². The van der Waals surface area contributed by atoms with Crippen molar-refractivity contribution in [2.24, 2.45) is 0 Å². The van der Waals surface area contributed by atoms with Gasteiger partial charge in [-0.1, -0.05) is 6.92 Å². The molecule has 0 saturated carbocycles. The summed E-state index contributed by atoms with van der Waals surface area (Å²) in [5.74, 6) is -1.11. The molecule has 11 heteroatoms. The fraction of sp³-hybridized carbons (Fsp3) is 0.312. The summed E-state index contributed by atoms with van der Waals surface area (Å²) < 4.78 is 74.0. The van der Waals surface area contributed by atoms with Crippen molar-refractivity contribution < 1.29 is 31.4 Å². The van der Waals surface area contributed by atoms with Crippen LogP contribution in [0.25, 0.3) is 16.9 Å². The first kappa shape index (κ1) is 19.0. The van der Waals surface area contributed by atoms with Crippen LogP contribution in [-0.2, 0) is 17.3 Å². The molecule has 3 aromatic rings. The van der Waals surface area contributed by atoms with Gasteiger partial charge in [0, 0.05) is 18.9 Å². The molecule has 0 aliphatic heterocycles. The molecule has 0 fully saturated rings. The van der Waals surface area contributed by atoms with Crippen molar-refractivity contribution in [3.05, 3.63) is 42.0 Å². The summed E-state index contributed by atoms with van der Waals surface area (Å²) in [6.45, 7) is 1.73. The minimum atomic E-state index is -4.81. The number of rotatable bonds is 5. The lowest BCUT2D eigenvalue weighted by molar-refractivity contribution is -0.274. The van der Waals surface area contributed by atoms with E-state index in [0.717, 1.165) is 17.6 Å². The Hall–Kier alpha value is -2.82. The normalized spacial score (nSPS) is 12.6. The summed E-state index contributed by atoms with van der Waals surface area (Å²) in [4.78, 5) is 4.14. The number of fused-ring (bicyclic) bond motifs is 1. The Morgan fingerprint density at radius 1 is 1.11 bits per heavy atom. The molecule has 0 atom stereocenters. The SMILES string of the molecule is CCc1cc(OC(F)(F)F)ccc1-c1cn2c(C(F)(F)OC)nnc2cn1. The van der Waals surface area contributed by atoms with Crippen LogP contribution in [0.3, 0.4) is 0 Å². The van der Waals surface area contributed by atoms with Gasteiger partial charge < -0.3 is 9.47 Å². The second-order valence-corrected chi connectivity index (χ2v) is 5.47. The van der Waals surface area contributed by atoms with Gasteiger partial charge in [0.25, 0.3) is 0 Å². The van der Waals surface area contributed by atoms with Gasteiger partial charge in [0.2, 0.25) is 5.82 Å². The van der Waals surface area contributed by atoms with Gasteiger partial charge >= 0.3 is 12.5 Å². The zero-order valence-electron chi connectivity index (χ0n) is 14.1. The van der Waals surface area contributed by atoms with Crippen molar-refractivity contribution in [2.75, 3.05) is 7.11 Å². The molecule has 2 aromatic heterocycles. The van der Waals surface area contributed by atoms with Crippen LogP contribution in [0, 0.1) is 0 Å². The first-order chi connectivity index (χ1) is 12.6. The highest BCUT2D eigenvalue weighted by Gasteiger charge is 2.37. The number of aromatic nitrogens is 4. The van der Waals surface area contributed by atoms with Gasteiger partial charge in [-0.2, -0.15) is 8.78 Å². The van der Waals surface area contributed by atoms with Crippen molar-refractivity contribution in [1.29, 1.82) is 0 Å². The second-order valence-electron chi connectivity index (χ2n) is 5.47. The van der Waals surface area contributed by atoms with Gasteiger partial charge in [-0.05, 0) is 30.2 Å². The molecule has 3 rings (SSSR count). The number of methoxy groups -OCH3 is 1. The highest BCUT2D eigenvalue weighted by Crippen LogP contribution is 2.31. The van der Waals surface area contributed by atoms with E-state index in [9.17, 15) is 22.0 Å². The molecule has 0 unspecified atom stereocenters. The molecular formula is C16H13F5N4O2. The van der Waals surface area contributed by atoms with E-state index >= 15 is 0 Å². The van der Waals surface area contributed by atoms with Gasteiger partial charge in [-0.3, -0.25) is 9.38 Å². The summed E-state index contributed by atoms with van der Waals surface area (Å²) in [6, 6.07) is 3.74. The molecule has 2 heterocycles. The third kappa shape index (κ3) is 3.82. The van der Waals surface area contributed by atoms with E-state index in [1.807, 2.05) is 0 Å².